The van der Waals surface area contributed by atoms with Gasteiger partial charge in [-0.05, 0) is 33.7 Å². The van der Waals surface area contributed by atoms with Crippen LogP contribution in [0.1, 0.15) is 27.2 Å². The Labute approximate surface area is 119 Å². The second-order valence-corrected chi connectivity index (χ2v) is 6.00. The SMILES string of the molecule is COC(=O)C1CCN(CC(=O)NC(=O)NC(C)(C)C)C1. The van der Waals surface area contributed by atoms with Crippen molar-refractivity contribution in [3.63, 3.8) is 0 Å². The van der Waals surface area contributed by atoms with E-state index >= 15 is 0 Å². The zero-order valence-electron chi connectivity index (χ0n) is 12.5. The summed E-state index contributed by atoms with van der Waals surface area (Å²) >= 11 is 0. The summed E-state index contributed by atoms with van der Waals surface area (Å²) in [6.07, 6.45) is 0.675. The van der Waals surface area contributed by atoms with E-state index in [1.807, 2.05) is 25.7 Å². The Morgan fingerprint density at radius 3 is 2.50 bits per heavy atom. The summed E-state index contributed by atoms with van der Waals surface area (Å²) in [5.74, 6) is -0.813. The van der Waals surface area contributed by atoms with Gasteiger partial charge in [-0.25, -0.2) is 4.79 Å². The first kappa shape index (κ1) is 16.4. The van der Waals surface area contributed by atoms with Crippen molar-refractivity contribution in [1.29, 1.82) is 0 Å². The van der Waals surface area contributed by atoms with Crippen molar-refractivity contribution >= 4 is 17.9 Å². The van der Waals surface area contributed by atoms with Crippen LogP contribution in [0, 0.1) is 5.92 Å². The van der Waals surface area contributed by atoms with Gasteiger partial charge in [0, 0.05) is 12.1 Å². The van der Waals surface area contributed by atoms with E-state index in [9.17, 15) is 14.4 Å². The summed E-state index contributed by atoms with van der Waals surface area (Å²) in [6, 6.07) is -0.508. The van der Waals surface area contributed by atoms with E-state index in [1.54, 1.807) is 0 Å². The van der Waals surface area contributed by atoms with Gasteiger partial charge in [0.1, 0.15) is 0 Å². The summed E-state index contributed by atoms with van der Waals surface area (Å²) in [4.78, 5) is 36.4. The van der Waals surface area contributed by atoms with Crippen molar-refractivity contribution in [3.05, 3.63) is 0 Å². The minimum atomic E-state index is -0.508. The Balaban J connectivity index is 2.34. The van der Waals surface area contributed by atoms with Crippen LogP contribution in [-0.2, 0) is 14.3 Å². The minimum Gasteiger partial charge on any atom is -0.469 e. The van der Waals surface area contributed by atoms with E-state index in [4.69, 9.17) is 0 Å². The number of rotatable bonds is 3. The Hall–Kier alpha value is -1.63. The summed E-state index contributed by atoms with van der Waals surface area (Å²) in [5, 5.41) is 4.92. The van der Waals surface area contributed by atoms with Gasteiger partial charge in [0.2, 0.25) is 5.91 Å². The number of hydrogen-bond donors (Lipinski definition) is 2. The third-order valence-electron chi connectivity index (χ3n) is 2.92. The van der Waals surface area contributed by atoms with Crippen LogP contribution in [0.5, 0.6) is 0 Å². The van der Waals surface area contributed by atoms with Crippen LogP contribution in [-0.4, -0.2) is 55.1 Å². The Bertz CT molecular complexity index is 390. The van der Waals surface area contributed by atoms with Gasteiger partial charge in [-0.3, -0.25) is 19.8 Å². The van der Waals surface area contributed by atoms with Crippen LogP contribution in [0.25, 0.3) is 0 Å². The first-order valence-corrected chi connectivity index (χ1v) is 6.63. The standard InChI is InChI=1S/C13H23N3O4/c1-13(2,3)15-12(19)14-10(17)8-16-6-5-9(7-16)11(18)20-4/h9H,5-8H2,1-4H3,(H2,14,15,17,19). The quantitative estimate of drug-likeness (QED) is 0.718. The number of nitrogens with zero attached hydrogens (tertiary/aromatic N) is 1. The Morgan fingerprint density at radius 1 is 1.30 bits per heavy atom. The molecule has 114 valence electrons. The lowest BCUT2D eigenvalue weighted by molar-refractivity contribution is -0.145. The number of esters is 1. The third kappa shape index (κ3) is 5.56. The van der Waals surface area contributed by atoms with Crippen LogP contribution in [0.3, 0.4) is 0 Å². The number of carbonyl (C=O) groups excluding carboxylic acids is 3. The first-order valence-electron chi connectivity index (χ1n) is 6.63. The monoisotopic (exact) mass is 285 g/mol. The number of likely N-dealkylation sites (tertiary alicyclic amines) is 1. The molecule has 1 aliphatic heterocycles. The van der Waals surface area contributed by atoms with Gasteiger partial charge >= 0.3 is 12.0 Å². The second-order valence-electron chi connectivity index (χ2n) is 6.00. The topological polar surface area (TPSA) is 87.7 Å². The molecule has 1 heterocycles. The molecule has 0 spiro atoms. The van der Waals surface area contributed by atoms with Crippen LogP contribution in [0.15, 0.2) is 0 Å². The molecule has 20 heavy (non-hydrogen) atoms. The lowest BCUT2D eigenvalue weighted by Crippen LogP contribution is -2.50. The van der Waals surface area contributed by atoms with Gasteiger partial charge in [-0.1, -0.05) is 0 Å². The maximum Gasteiger partial charge on any atom is 0.321 e. The lowest BCUT2D eigenvalue weighted by Gasteiger charge is -2.21. The second kappa shape index (κ2) is 6.69. The summed E-state index contributed by atoms with van der Waals surface area (Å²) in [6.45, 7) is 6.73. The van der Waals surface area contributed by atoms with Gasteiger partial charge < -0.3 is 10.1 Å². The molecule has 0 aliphatic carbocycles. The minimum absolute atomic E-state index is 0.102. The first-order chi connectivity index (χ1) is 9.21. The molecule has 3 amide bonds. The van der Waals surface area contributed by atoms with Crippen LogP contribution in [0.2, 0.25) is 0 Å². The molecule has 1 aliphatic rings. The Morgan fingerprint density at radius 2 is 1.95 bits per heavy atom. The molecule has 0 aromatic carbocycles. The van der Waals surface area contributed by atoms with E-state index in [1.165, 1.54) is 7.11 Å². The number of hydrogen-bond acceptors (Lipinski definition) is 5. The van der Waals surface area contributed by atoms with Gasteiger partial charge in [-0.2, -0.15) is 0 Å². The smallest absolute Gasteiger partial charge is 0.321 e. The van der Waals surface area contributed by atoms with Crippen molar-refractivity contribution in [2.75, 3.05) is 26.7 Å². The van der Waals surface area contributed by atoms with Crippen molar-refractivity contribution in [2.45, 2.75) is 32.7 Å². The zero-order valence-corrected chi connectivity index (χ0v) is 12.5. The molecule has 1 saturated heterocycles. The normalized spacial score (nSPS) is 19.5. The largest absolute Gasteiger partial charge is 0.469 e. The molecular formula is C13H23N3O4. The highest BCUT2D eigenvalue weighted by atomic mass is 16.5. The van der Waals surface area contributed by atoms with Crippen LogP contribution >= 0.6 is 0 Å². The fourth-order valence-electron chi connectivity index (χ4n) is 2.08. The van der Waals surface area contributed by atoms with E-state index in [0.717, 1.165) is 0 Å². The van der Waals surface area contributed by atoms with Crippen molar-refractivity contribution in [1.82, 2.24) is 15.5 Å². The third-order valence-corrected chi connectivity index (χ3v) is 2.92. The van der Waals surface area contributed by atoms with Crippen LogP contribution in [0.4, 0.5) is 4.79 Å². The molecule has 0 aromatic rings. The predicted octanol–water partition coefficient (Wildman–Crippen LogP) is 0.106. The molecule has 2 N–H and O–H groups in total. The lowest BCUT2D eigenvalue weighted by atomic mass is 10.1. The average Bonchev–Trinajstić information content (AvgIpc) is 2.73. The summed E-state index contributed by atoms with van der Waals surface area (Å²) < 4.78 is 4.68. The molecule has 0 bridgehead atoms. The fraction of sp³-hybridized carbons (Fsp3) is 0.769. The average molecular weight is 285 g/mol. The number of urea groups is 1. The summed E-state index contributed by atoms with van der Waals surface area (Å²) in [7, 11) is 1.36. The van der Waals surface area contributed by atoms with Gasteiger partial charge in [-0.15, -0.1) is 0 Å². The highest BCUT2D eigenvalue weighted by Crippen LogP contribution is 2.16. The number of ether oxygens (including phenoxy) is 1. The number of carbonyl (C=O) groups is 3. The number of amides is 3. The molecule has 0 radical (unpaired) electrons. The maximum absolute atomic E-state index is 11.7. The highest BCUT2D eigenvalue weighted by Gasteiger charge is 2.30. The molecule has 0 saturated carbocycles. The van der Waals surface area contributed by atoms with Gasteiger partial charge in [0.15, 0.2) is 0 Å². The number of nitrogens with one attached hydrogen (secondary N) is 2. The molecule has 1 atom stereocenters. The molecule has 1 fully saturated rings. The number of methoxy groups -OCH3 is 1. The number of imide groups is 1. The fourth-order valence-corrected chi connectivity index (χ4v) is 2.08. The van der Waals surface area contributed by atoms with Crippen LogP contribution < -0.4 is 10.6 Å². The van der Waals surface area contributed by atoms with E-state index in [-0.39, 0.29) is 24.3 Å². The van der Waals surface area contributed by atoms with Crippen molar-refractivity contribution in [2.24, 2.45) is 5.92 Å². The van der Waals surface area contributed by atoms with Gasteiger partial charge in [0.05, 0.1) is 19.6 Å². The molecule has 7 nitrogen and oxygen atoms in total. The van der Waals surface area contributed by atoms with Crippen molar-refractivity contribution < 1.29 is 19.1 Å². The summed E-state index contributed by atoms with van der Waals surface area (Å²) in [5.41, 5.74) is -0.395. The Kier molecular flexibility index (Phi) is 5.50. The predicted molar refractivity (Wildman–Crippen MR) is 73.0 cm³/mol. The molecule has 1 unspecified atom stereocenters. The molecule has 1 rings (SSSR count). The molecular weight excluding hydrogens is 262 g/mol. The van der Waals surface area contributed by atoms with E-state index in [0.29, 0.717) is 19.5 Å². The van der Waals surface area contributed by atoms with Gasteiger partial charge in [0.25, 0.3) is 0 Å². The molecule has 7 heteroatoms. The van der Waals surface area contributed by atoms with Crippen molar-refractivity contribution in [3.8, 4) is 0 Å². The van der Waals surface area contributed by atoms with E-state index in [2.05, 4.69) is 15.4 Å². The van der Waals surface area contributed by atoms with E-state index < -0.39 is 11.6 Å². The zero-order chi connectivity index (χ0) is 15.3. The highest BCUT2D eigenvalue weighted by molar-refractivity contribution is 5.95. The maximum atomic E-state index is 11.7. The molecule has 0 aromatic heterocycles.